The van der Waals surface area contributed by atoms with E-state index in [0.717, 1.165) is 6.42 Å². The standard InChI is InChI=1S/C9H10N2O/c1-9(2)3-7(9)8(12)6(4-10)5-11/h6-7H,3H2,1-2H3. The zero-order chi connectivity index (χ0) is 9.35. The lowest BCUT2D eigenvalue weighted by atomic mass is 9.99. The van der Waals surface area contributed by atoms with E-state index in [1.807, 2.05) is 13.8 Å². The Morgan fingerprint density at radius 3 is 2.17 bits per heavy atom. The highest BCUT2D eigenvalue weighted by atomic mass is 16.1. The maximum absolute atomic E-state index is 11.3. The van der Waals surface area contributed by atoms with Crippen LogP contribution in [-0.4, -0.2) is 5.78 Å². The van der Waals surface area contributed by atoms with Crippen LogP contribution in [0, 0.1) is 39.9 Å². The third-order valence-corrected chi connectivity index (χ3v) is 2.40. The van der Waals surface area contributed by atoms with E-state index in [0.29, 0.717) is 0 Å². The fourth-order valence-electron chi connectivity index (χ4n) is 1.31. The highest BCUT2D eigenvalue weighted by Gasteiger charge is 2.52. The average molecular weight is 162 g/mol. The summed E-state index contributed by atoms with van der Waals surface area (Å²) in [6.45, 7) is 3.95. The lowest BCUT2D eigenvalue weighted by molar-refractivity contribution is -0.121. The summed E-state index contributed by atoms with van der Waals surface area (Å²) in [5, 5.41) is 16.9. The molecule has 0 spiro atoms. The molecule has 12 heavy (non-hydrogen) atoms. The molecule has 62 valence electrons. The minimum Gasteiger partial charge on any atom is -0.297 e. The van der Waals surface area contributed by atoms with Crippen LogP contribution in [-0.2, 0) is 4.79 Å². The van der Waals surface area contributed by atoms with Gasteiger partial charge in [0.2, 0.25) is 0 Å². The quantitative estimate of drug-likeness (QED) is 0.614. The second-order valence-electron chi connectivity index (χ2n) is 3.84. The summed E-state index contributed by atoms with van der Waals surface area (Å²) in [4.78, 5) is 11.3. The molecule has 0 aliphatic heterocycles. The van der Waals surface area contributed by atoms with Crippen LogP contribution in [0.4, 0.5) is 0 Å². The molecule has 0 N–H and O–H groups in total. The molecular formula is C9H10N2O. The molecule has 0 heterocycles. The lowest BCUT2D eigenvalue weighted by Crippen LogP contribution is -2.15. The van der Waals surface area contributed by atoms with Crippen LogP contribution in [0.1, 0.15) is 20.3 Å². The number of nitriles is 2. The Morgan fingerprint density at radius 2 is 1.92 bits per heavy atom. The number of hydrogen-bond donors (Lipinski definition) is 0. The highest BCUT2D eigenvalue weighted by Crippen LogP contribution is 2.52. The topological polar surface area (TPSA) is 64.7 Å². The molecule has 1 aliphatic rings. The molecule has 3 nitrogen and oxygen atoms in total. The van der Waals surface area contributed by atoms with Gasteiger partial charge in [-0.25, -0.2) is 0 Å². The third-order valence-electron chi connectivity index (χ3n) is 2.40. The number of hydrogen-bond acceptors (Lipinski definition) is 3. The predicted molar refractivity (Wildman–Crippen MR) is 41.6 cm³/mol. The van der Waals surface area contributed by atoms with E-state index in [1.165, 1.54) is 0 Å². The van der Waals surface area contributed by atoms with E-state index in [1.54, 1.807) is 12.1 Å². The molecule has 1 fully saturated rings. The van der Waals surface area contributed by atoms with Crippen molar-refractivity contribution in [3.05, 3.63) is 0 Å². The first-order valence-corrected chi connectivity index (χ1v) is 3.86. The van der Waals surface area contributed by atoms with E-state index in [2.05, 4.69) is 0 Å². The van der Waals surface area contributed by atoms with Crippen LogP contribution >= 0.6 is 0 Å². The van der Waals surface area contributed by atoms with Gasteiger partial charge in [-0.2, -0.15) is 10.5 Å². The van der Waals surface area contributed by atoms with Crippen molar-refractivity contribution in [3.8, 4) is 12.1 Å². The summed E-state index contributed by atoms with van der Waals surface area (Å²) in [5.74, 6) is -1.33. The van der Waals surface area contributed by atoms with Gasteiger partial charge in [0.1, 0.15) is 0 Å². The van der Waals surface area contributed by atoms with Crippen molar-refractivity contribution in [1.82, 2.24) is 0 Å². The zero-order valence-electron chi connectivity index (χ0n) is 7.16. The van der Waals surface area contributed by atoms with Crippen molar-refractivity contribution >= 4 is 5.78 Å². The lowest BCUT2D eigenvalue weighted by Gasteiger charge is -2.01. The number of carbonyl (C=O) groups excluding carboxylic acids is 1. The Kier molecular flexibility index (Phi) is 1.90. The number of ketones is 1. The Hall–Kier alpha value is -1.35. The van der Waals surface area contributed by atoms with Crippen molar-refractivity contribution in [2.45, 2.75) is 20.3 Å². The largest absolute Gasteiger partial charge is 0.297 e. The second-order valence-corrected chi connectivity index (χ2v) is 3.84. The van der Waals surface area contributed by atoms with E-state index >= 15 is 0 Å². The van der Waals surface area contributed by atoms with E-state index in [4.69, 9.17) is 10.5 Å². The van der Waals surface area contributed by atoms with Gasteiger partial charge in [0, 0.05) is 5.92 Å². The summed E-state index contributed by atoms with van der Waals surface area (Å²) in [7, 11) is 0. The Labute approximate surface area is 71.6 Å². The number of nitrogens with zero attached hydrogens (tertiary/aromatic N) is 2. The first-order valence-electron chi connectivity index (χ1n) is 3.86. The van der Waals surface area contributed by atoms with Crippen LogP contribution in [0.25, 0.3) is 0 Å². The van der Waals surface area contributed by atoms with E-state index in [9.17, 15) is 4.79 Å². The third kappa shape index (κ3) is 1.31. The maximum atomic E-state index is 11.3. The Morgan fingerprint density at radius 1 is 1.50 bits per heavy atom. The first kappa shape index (κ1) is 8.74. The molecule has 0 amide bonds. The van der Waals surface area contributed by atoms with Crippen LogP contribution in [0.2, 0.25) is 0 Å². The molecule has 0 aromatic carbocycles. The molecule has 0 aromatic rings. The van der Waals surface area contributed by atoms with Crippen LogP contribution in [0.15, 0.2) is 0 Å². The van der Waals surface area contributed by atoms with Crippen LogP contribution in [0.5, 0.6) is 0 Å². The fraction of sp³-hybridized carbons (Fsp3) is 0.667. The Balaban J connectivity index is 2.64. The second kappa shape index (κ2) is 2.60. The Bertz CT molecular complexity index is 279. The van der Waals surface area contributed by atoms with Gasteiger partial charge in [-0.3, -0.25) is 4.79 Å². The molecule has 0 aromatic heterocycles. The molecule has 1 aliphatic carbocycles. The van der Waals surface area contributed by atoms with Crippen molar-refractivity contribution in [1.29, 1.82) is 10.5 Å². The van der Waals surface area contributed by atoms with Gasteiger partial charge in [0.15, 0.2) is 11.7 Å². The van der Waals surface area contributed by atoms with Crippen LogP contribution in [0.3, 0.4) is 0 Å². The van der Waals surface area contributed by atoms with Crippen molar-refractivity contribution < 1.29 is 4.79 Å². The van der Waals surface area contributed by atoms with E-state index < -0.39 is 5.92 Å². The normalized spacial score (nSPS) is 24.2. The average Bonchev–Trinajstić information content (AvgIpc) is 2.62. The zero-order valence-corrected chi connectivity index (χ0v) is 7.16. The summed E-state index contributed by atoms with van der Waals surface area (Å²) >= 11 is 0. The van der Waals surface area contributed by atoms with Crippen LogP contribution < -0.4 is 0 Å². The summed E-state index contributed by atoms with van der Waals surface area (Å²) in [6, 6.07) is 3.40. The fourth-order valence-corrected chi connectivity index (χ4v) is 1.31. The minimum atomic E-state index is -1.06. The van der Waals surface area contributed by atoms with Gasteiger partial charge in [0.05, 0.1) is 12.1 Å². The van der Waals surface area contributed by atoms with Gasteiger partial charge in [0.25, 0.3) is 0 Å². The van der Waals surface area contributed by atoms with Gasteiger partial charge in [-0.15, -0.1) is 0 Å². The minimum absolute atomic E-state index is 0.0169. The smallest absolute Gasteiger partial charge is 0.191 e. The number of rotatable bonds is 2. The van der Waals surface area contributed by atoms with Crippen molar-refractivity contribution in [2.24, 2.45) is 17.3 Å². The highest BCUT2D eigenvalue weighted by molar-refractivity contribution is 5.90. The maximum Gasteiger partial charge on any atom is 0.191 e. The monoisotopic (exact) mass is 162 g/mol. The summed E-state index contributed by atoms with van der Waals surface area (Å²) in [5.41, 5.74) is 0.0169. The molecule has 0 bridgehead atoms. The van der Waals surface area contributed by atoms with E-state index in [-0.39, 0.29) is 17.1 Å². The predicted octanol–water partition coefficient (Wildman–Crippen LogP) is 1.26. The van der Waals surface area contributed by atoms with Gasteiger partial charge < -0.3 is 0 Å². The first-order chi connectivity index (χ1) is 5.53. The number of Topliss-reactive ketones (excluding diaryl/α,β-unsaturated/α-hetero) is 1. The number of carbonyl (C=O) groups is 1. The summed E-state index contributed by atoms with van der Waals surface area (Å²) < 4.78 is 0. The molecule has 0 saturated heterocycles. The summed E-state index contributed by atoms with van der Waals surface area (Å²) in [6.07, 6.45) is 0.811. The SMILES string of the molecule is CC1(C)CC1C(=O)C(C#N)C#N. The van der Waals surface area contributed by atoms with Crippen molar-refractivity contribution in [3.63, 3.8) is 0 Å². The molecule has 0 radical (unpaired) electrons. The van der Waals surface area contributed by atoms with Crippen molar-refractivity contribution in [2.75, 3.05) is 0 Å². The molecule has 1 unspecified atom stereocenters. The molecule has 1 rings (SSSR count). The molecule has 1 saturated carbocycles. The molecule has 1 atom stereocenters. The van der Waals surface area contributed by atoms with Gasteiger partial charge >= 0.3 is 0 Å². The molecular weight excluding hydrogens is 152 g/mol. The van der Waals surface area contributed by atoms with Gasteiger partial charge in [-0.05, 0) is 11.8 Å². The van der Waals surface area contributed by atoms with Gasteiger partial charge in [-0.1, -0.05) is 13.8 Å². The molecule has 3 heteroatoms.